The molecule has 0 fully saturated rings. The molecule has 0 spiro atoms. The molecule has 0 saturated heterocycles. The highest BCUT2D eigenvalue weighted by atomic mass is 19.2. The third kappa shape index (κ3) is 8.27. The Kier molecular flexibility index (Phi) is 13.1. The largest absolute Gasteiger partial charge is 0.308 e. The van der Waals surface area contributed by atoms with Crippen molar-refractivity contribution in [3.8, 4) is 33.4 Å². The minimum absolute atomic E-state index is 0.123. The van der Waals surface area contributed by atoms with Gasteiger partial charge in [0, 0.05) is 33.9 Å². The topological polar surface area (TPSA) is 6.48 Å². The fraction of sp³-hybridized carbons (Fsp3) is 0.0256. The molecule has 0 aromatic heterocycles. The first-order chi connectivity index (χ1) is 42.0. The summed E-state index contributed by atoms with van der Waals surface area (Å²) in [4.78, 5) is 3.61. The highest BCUT2D eigenvalue weighted by molar-refractivity contribution is 5.92. The Labute approximate surface area is 494 Å². The summed E-state index contributed by atoms with van der Waals surface area (Å²) in [6.45, 7) is 7.87. The van der Waals surface area contributed by atoms with Gasteiger partial charge in [-0.2, -0.15) is 0 Å². The second kappa shape index (κ2) is 21.2. The van der Waals surface area contributed by atoms with E-state index in [1.807, 2.05) is 192 Å². The van der Waals surface area contributed by atoms with Crippen molar-refractivity contribution in [2.24, 2.45) is 0 Å². The van der Waals surface area contributed by atoms with E-state index in [1.165, 1.54) is 48.5 Å². The molecule has 2 nitrogen and oxygen atoms in total. The first-order valence-electron chi connectivity index (χ1n) is 28.2. The standard InChI is InChI=1S/C78H50F6N2/c1-3-49-27-35-53(36-28-49)77(75-69(81)21-13-22-70(75)82)63-17-7-5-15-59(63)61-45-43-57(47-65(61)77)85(73-25-11-9-19-67(73)79)55-39-31-51(32-40-55)52-33-41-56(42-34-52)86(74-26-12-10-20-68(74)80)58-44-46-62-60-16-6-8-18-64(60)78(66(62)48-58,54-37-29-50(4-2)30-38-54)76-71(83)23-14-24-72(76)84/h3-48H,1-2H2. The molecule has 2 aliphatic rings. The minimum atomic E-state index is -1.47. The monoisotopic (exact) mass is 1130 g/mol. The van der Waals surface area contributed by atoms with Gasteiger partial charge < -0.3 is 9.80 Å². The molecule has 0 saturated carbocycles. The van der Waals surface area contributed by atoms with E-state index in [9.17, 15) is 0 Å². The van der Waals surface area contributed by atoms with Crippen LogP contribution in [0, 0.1) is 34.9 Å². The van der Waals surface area contributed by atoms with Crippen LogP contribution in [-0.2, 0) is 10.8 Å². The van der Waals surface area contributed by atoms with Gasteiger partial charge in [0.15, 0.2) is 0 Å². The third-order valence-electron chi connectivity index (χ3n) is 17.2. The maximum absolute atomic E-state index is 16.7. The molecule has 0 amide bonds. The van der Waals surface area contributed by atoms with E-state index in [0.717, 1.165) is 44.5 Å². The molecule has 0 N–H and O–H groups in total. The van der Waals surface area contributed by atoms with Crippen molar-refractivity contribution in [1.82, 2.24) is 0 Å². The van der Waals surface area contributed by atoms with E-state index in [-0.39, 0.29) is 22.5 Å². The van der Waals surface area contributed by atoms with Crippen molar-refractivity contribution in [2.75, 3.05) is 9.80 Å². The van der Waals surface area contributed by atoms with Crippen LogP contribution in [0.2, 0.25) is 0 Å². The average Bonchev–Trinajstić information content (AvgIpc) is 1.61. The number of rotatable bonds is 13. The Morgan fingerprint density at radius 1 is 0.279 bits per heavy atom. The van der Waals surface area contributed by atoms with Crippen LogP contribution in [0.15, 0.2) is 280 Å². The number of hydrogen-bond donors (Lipinski definition) is 0. The van der Waals surface area contributed by atoms with E-state index >= 15 is 26.3 Å². The smallest absolute Gasteiger partial charge is 0.147 e. The molecule has 0 aliphatic heterocycles. The van der Waals surface area contributed by atoms with Gasteiger partial charge in [-0.25, -0.2) is 26.3 Å². The second-order valence-electron chi connectivity index (χ2n) is 21.6. The quantitative estimate of drug-likeness (QED) is 0.106. The lowest BCUT2D eigenvalue weighted by Gasteiger charge is -2.35. The summed E-state index contributed by atoms with van der Waals surface area (Å²) in [6.07, 6.45) is 3.44. The summed E-state index contributed by atoms with van der Waals surface area (Å²) in [7, 11) is 0. The Morgan fingerprint density at radius 2 is 0.593 bits per heavy atom. The van der Waals surface area contributed by atoms with E-state index in [1.54, 1.807) is 48.6 Å². The summed E-state index contributed by atoms with van der Waals surface area (Å²) in [5, 5.41) is 0. The summed E-state index contributed by atoms with van der Waals surface area (Å²) in [5.41, 5.74) is 10.1. The number of benzene rings is 12. The van der Waals surface area contributed by atoms with Crippen LogP contribution in [-0.4, -0.2) is 0 Å². The van der Waals surface area contributed by atoms with Gasteiger partial charge in [0.05, 0.1) is 22.2 Å². The van der Waals surface area contributed by atoms with Crippen LogP contribution in [0.4, 0.5) is 60.5 Å². The molecule has 2 aliphatic carbocycles. The van der Waals surface area contributed by atoms with Crippen molar-refractivity contribution in [3.05, 3.63) is 371 Å². The molecule has 14 rings (SSSR count). The molecule has 2 unspecified atom stereocenters. The van der Waals surface area contributed by atoms with Gasteiger partial charge in [-0.05, 0) is 175 Å². The Hall–Kier alpha value is -10.7. The molecule has 414 valence electrons. The van der Waals surface area contributed by atoms with Gasteiger partial charge in [-0.1, -0.05) is 195 Å². The average molecular weight is 1130 g/mol. The molecule has 8 heteroatoms. The minimum Gasteiger partial charge on any atom is -0.308 e. The SMILES string of the molecule is C=Cc1ccc(C2(c3c(F)cccc3F)c3ccccc3-c3ccc(N(c4ccc(-c5ccc(N(c6ccc7c(c6)C(c6ccc(C=C)cc6)(c6c(F)cccc6F)c6ccccc6-7)c6ccccc6F)cc5)cc4)c4ccccc4F)cc32)cc1. The summed E-state index contributed by atoms with van der Waals surface area (Å²) in [5.74, 6) is -3.79. The van der Waals surface area contributed by atoms with Crippen LogP contribution in [0.1, 0.15) is 55.6 Å². The molecule has 0 bridgehead atoms. The molecule has 2 atom stereocenters. The van der Waals surface area contributed by atoms with Crippen LogP contribution >= 0.6 is 0 Å². The van der Waals surface area contributed by atoms with Crippen LogP contribution in [0.25, 0.3) is 45.5 Å². The number of anilines is 6. The zero-order valence-electron chi connectivity index (χ0n) is 46.1. The maximum atomic E-state index is 16.7. The van der Waals surface area contributed by atoms with Gasteiger partial charge in [0.2, 0.25) is 0 Å². The number of para-hydroxylation sites is 2. The third-order valence-corrected chi connectivity index (χ3v) is 17.2. The molecule has 12 aromatic carbocycles. The van der Waals surface area contributed by atoms with E-state index < -0.39 is 45.7 Å². The lowest BCUT2D eigenvalue weighted by molar-refractivity contribution is 0.526. The predicted octanol–water partition coefficient (Wildman–Crippen LogP) is 21.1. The van der Waals surface area contributed by atoms with Crippen molar-refractivity contribution < 1.29 is 26.3 Å². The highest BCUT2D eigenvalue weighted by Crippen LogP contribution is 2.60. The molecule has 0 radical (unpaired) electrons. The number of fused-ring (bicyclic) bond motifs is 6. The van der Waals surface area contributed by atoms with Crippen molar-refractivity contribution in [3.63, 3.8) is 0 Å². The Balaban J connectivity index is 0.876. The fourth-order valence-corrected chi connectivity index (χ4v) is 13.4. The zero-order valence-corrected chi connectivity index (χ0v) is 46.1. The number of hydrogen-bond acceptors (Lipinski definition) is 2. The predicted molar refractivity (Wildman–Crippen MR) is 336 cm³/mol. The van der Waals surface area contributed by atoms with E-state index in [4.69, 9.17) is 0 Å². The van der Waals surface area contributed by atoms with E-state index in [0.29, 0.717) is 56.1 Å². The number of halogens is 6. The first kappa shape index (κ1) is 53.3. The molecule has 12 aromatic rings. The molecular formula is C78H50F6N2. The van der Waals surface area contributed by atoms with Gasteiger partial charge in [0.1, 0.15) is 34.9 Å². The van der Waals surface area contributed by atoms with Crippen LogP contribution < -0.4 is 9.80 Å². The zero-order chi connectivity index (χ0) is 58.8. The van der Waals surface area contributed by atoms with Crippen molar-refractivity contribution >= 4 is 46.3 Å². The lowest BCUT2D eigenvalue weighted by atomic mass is 9.67. The second-order valence-corrected chi connectivity index (χ2v) is 21.6. The summed E-state index contributed by atoms with van der Waals surface area (Å²) in [6, 6.07) is 78.2. The van der Waals surface area contributed by atoms with Crippen LogP contribution in [0.5, 0.6) is 0 Å². The first-order valence-corrected chi connectivity index (χ1v) is 28.2. The fourth-order valence-electron chi connectivity index (χ4n) is 13.4. The molecular weight excluding hydrogens is 1080 g/mol. The van der Waals surface area contributed by atoms with Gasteiger partial charge >= 0.3 is 0 Å². The molecule has 86 heavy (non-hydrogen) atoms. The van der Waals surface area contributed by atoms with Crippen molar-refractivity contribution in [2.45, 2.75) is 10.8 Å². The van der Waals surface area contributed by atoms with Gasteiger partial charge in [0.25, 0.3) is 0 Å². The summed E-state index contributed by atoms with van der Waals surface area (Å²) >= 11 is 0. The van der Waals surface area contributed by atoms with Crippen LogP contribution in [0.3, 0.4) is 0 Å². The van der Waals surface area contributed by atoms with E-state index in [2.05, 4.69) is 13.2 Å². The molecule has 0 heterocycles. The maximum Gasteiger partial charge on any atom is 0.147 e. The Bertz CT molecular complexity index is 4310. The van der Waals surface area contributed by atoms with Crippen molar-refractivity contribution in [1.29, 1.82) is 0 Å². The lowest BCUT2D eigenvalue weighted by Crippen LogP contribution is -2.31. The normalized spacial score (nSPS) is 15.3. The van der Waals surface area contributed by atoms with Gasteiger partial charge in [-0.15, -0.1) is 0 Å². The highest BCUT2D eigenvalue weighted by Gasteiger charge is 2.51. The Morgan fingerprint density at radius 3 is 0.953 bits per heavy atom. The number of nitrogens with zero attached hydrogens (tertiary/aromatic N) is 2. The van der Waals surface area contributed by atoms with Gasteiger partial charge in [-0.3, -0.25) is 0 Å². The summed E-state index contributed by atoms with van der Waals surface area (Å²) < 4.78 is 99.8.